The zero-order chi connectivity index (χ0) is 17.8. The van der Waals surface area contributed by atoms with Gasteiger partial charge in [0, 0.05) is 38.5 Å². The van der Waals surface area contributed by atoms with Crippen molar-refractivity contribution >= 4 is 11.8 Å². The molecule has 4 nitrogen and oxygen atoms in total. The molecule has 2 heterocycles. The van der Waals surface area contributed by atoms with Crippen molar-refractivity contribution in [2.45, 2.75) is 52.4 Å². The summed E-state index contributed by atoms with van der Waals surface area (Å²) in [6, 6.07) is 6.43. The molecule has 0 saturated carbocycles. The maximum absolute atomic E-state index is 12.5. The Balaban J connectivity index is 1.45. The molecule has 2 saturated heterocycles. The minimum Gasteiger partial charge on any atom is -0.343 e. The Kier molecular flexibility index (Phi) is 5.77. The minimum atomic E-state index is 0.126. The molecule has 0 bridgehead atoms. The summed E-state index contributed by atoms with van der Waals surface area (Å²) in [6.45, 7) is 7.52. The van der Waals surface area contributed by atoms with Gasteiger partial charge in [-0.2, -0.15) is 0 Å². The van der Waals surface area contributed by atoms with Crippen LogP contribution in [0.5, 0.6) is 0 Å². The Morgan fingerprint density at radius 2 is 1.68 bits per heavy atom. The van der Waals surface area contributed by atoms with Crippen molar-refractivity contribution in [3.63, 3.8) is 0 Å². The third-order valence-electron chi connectivity index (χ3n) is 5.72. The lowest BCUT2D eigenvalue weighted by Crippen LogP contribution is -2.43. The van der Waals surface area contributed by atoms with E-state index < -0.39 is 0 Å². The average Bonchev–Trinajstić information content (AvgIpc) is 3.15. The quantitative estimate of drug-likeness (QED) is 0.844. The van der Waals surface area contributed by atoms with E-state index in [-0.39, 0.29) is 11.8 Å². The van der Waals surface area contributed by atoms with Crippen LogP contribution in [0, 0.1) is 19.8 Å². The van der Waals surface area contributed by atoms with Gasteiger partial charge in [0.1, 0.15) is 0 Å². The second kappa shape index (κ2) is 8.03. The average molecular weight is 342 g/mol. The van der Waals surface area contributed by atoms with Gasteiger partial charge in [-0.05, 0) is 57.1 Å². The van der Waals surface area contributed by atoms with Crippen LogP contribution in [0.1, 0.15) is 48.8 Å². The normalized spacial score (nSPS) is 18.6. The summed E-state index contributed by atoms with van der Waals surface area (Å²) in [5.41, 5.74) is 3.79. The maximum atomic E-state index is 12.5. The van der Waals surface area contributed by atoms with Crippen molar-refractivity contribution in [1.82, 2.24) is 9.80 Å². The van der Waals surface area contributed by atoms with Crippen LogP contribution < -0.4 is 0 Å². The Hall–Kier alpha value is -1.84. The molecule has 2 fully saturated rings. The van der Waals surface area contributed by atoms with Crippen LogP contribution in [0.25, 0.3) is 0 Å². The van der Waals surface area contributed by atoms with E-state index in [2.05, 4.69) is 32.0 Å². The third kappa shape index (κ3) is 4.42. The summed E-state index contributed by atoms with van der Waals surface area (Å²) in [5, 5.41) is 0. The Morgan fingerprint density at radius 1 is 1.00 bits per heavy atom. The van der Waals surface area contributed by atoms with E-state index in [0.717, 1.165) is 58.3 Å². The lowest BCUT2D eigenvalue weighted by Gasteiger charge is -2.33. The molecule has 2 aliphatic rings. The van der Waals surface area contributed by atoms with Crippen LogP contribution in [0.3, 0.4) is 0 Å². The van der Waals surface area contributed by atoms with Crippen LogP contribution in [0.2, 0.25) is 0 Å². The van der Waals surface area contributed by atoms with E-state index in [9.17, 15) is 9.59 Å². The van der Waals surface area contributed by atoms with Crippen LogP contribution >= 0.6 is 0 Å². The Morgan fingerprint density at radius 3 is 2.32 bits per heavy atom. The van der Waals surface area contributed by atoms with Crippen molar-refractivity contribution in [1.29, 1.82) is 0 Å². The predicted octanol–water partition coefficient (Wildman–Crippen LogP) is 3.10. The molecule has 3 rings (SSSR count). The third-order valence-corrected chi connectivity index (χ3v) is 5.72. The van der Waals surface area contributed by atoms with E-state index in [4.69, 9.17) is 0 Å². The highest BCUT2D eigenvalue weighted by Gasteiger charge is 2.30. The molecular weight excluding hydrogens is 312 g/mol. The van der Waals surface area contributed by atoms with Gasteiger partial charge in [0.05, 0.1) is 0 Å². The van der Waals surface area contributed by atoms with Gasteiger partial charge in [0.25, 0.3) is 0 Å². The van der Waals surface area contributed by atoms with Crippen LogP contribution in [0.4, 0.5) is 0 Å². The number of nitrogens with zero attached hydrogens (tertiary/aromatic N) is 2. The fraction of sp³-hybridized carbons (Fsp3) is 0.619. The molecule has 0 aliphatic carbocycles. The number of rotatable bonds is 4. The van der Waals surface area contributed by atoms with Gasteiger partial charge in [0.15, 0.2) is 0 Å². The van der Waals surface area contributed by atoms with Gasteiger partial charge in [-0.3, -0.25) is 9.59 Å². The zero-order valence-electron chi connectivity index (χ0n) is 15.6. The molecule has 136 valence electrons. The number of likely N-dealkylation sites (tertiary alicyclic amines) is 2. The van der Waals surface area contributed by atoms with Gasteiger partial charge >= 0.3 is 0 Å². The number of amides is 2. The minimum absolute atomic E-state index is 0.126. The molecule has 1 aromatic carbocycles. The summed E-state index contributed by atoms with van der Waals surface area (Å²) in [4.78, 5) is 29.0. The molecule has 0 radical (unpaired) electrons. The fourth-order valence-electron chi connectivity index (χ4n) is 4.10. The van der Waals surface area contributed by atoms with Gasteiger partial charge in [-0.25, -0.2) is 0 Å². The van der Waals surface area contributed by atoms with E-state index >= 15 is 0 Å². The molecule has 1 aromatic rings. The highest BCUT2D eigenvalue weighted by atomic mass is 16.2. The summed E-state index contributed by atoms with van der Waals surface area (Å²) in [5.74, 6) is 0.674. The first kappa shape index (κ1) is 18.0. The number of aryl methyl sites for hydroxylation is 3. The predicted molar refractivity (Wildman–Crippen MR) is 99.4 cm³/mol. The molecule has 25 heavy (non-hydrogen) atoms. The second-order valence-corrected chi connectivity index (χ2v) is 7.62. The van der Waals surface area contributed by atoms with E-state index in [1.54, 1.807) is 0 Å². The van der Waals surface area contributed by atoms with E-state index in [1.165, 1.54) is 16.7 Å². The van der Waals surface area contributed by atoms with E-state index in [0.29, 0.717) is 12.3 Å². The lowest BCUT2D eigenvalue weighted by molar-refractivity contribution is -0.140. The second-order valence-electron chi connectivity index (χ2n) is 7.62. The topological polar surface area (TPSA) is 40.6 Å². The van der Waals surface area contributed by atoms with Crippen molar-refractivity contribution in [3.05, 3.63) is 34.9 Å². The zero-order valence-corrected chi connectivity index (χ0v) is 15.6. The molecule has 0 unspecified atom stereocenters. The smallest absolute Gasteiger partial charge is 0.225 e. The number of piperidine rings is 1. The first-order valence-electron chi connectivity index (χ1n) is 9.67. The molecule has 2 amide bonds. The molecule has 0 spiro atoms. The molecular formula is C21H30N2O2. The molecule has 4 heteroatoms. The van der Waals surface area contributed by atoms with Crippen molar-refractivity contribution < 1.29 is 9.59 Å². The van der Waals surface area contributed by atoms with Gasteiger partial charge < -0.3 is 9.80 Å². The monoisotopic (exact) mass is 342 g/mol. The van der Waals surface area contributed by atoms with Crippen LogP contribution in [-0.4, -0.2) is 47.8 Å². The highest BCUT2D eigenvalue weighted by molar-refractivity contribution is 5.80. The van der Waals surface area contributed by atoms with Crippen molar-refractivity contribution in [2.24, 2.45) is 5.92 Å². The number of benzene rings is 1. The largest absolute Gasteiger partial charge is 0.343 e. The van der Waals surface area contributed by atoms with Gasteiger partial charge in [-0.1, -0.05) is 23.8 Å². The van der Waals surface area contributed by atoms with Crippen LogP contribution in [0.15, 0.2) is 18.2 Å². The number of carbonyl (C=O) groups is 2. The fourth-order valence-corrected chi connectivity index (χ4v) is 4.10. The van der Waals surface area contributed by atoms with Crippen LogP contribution in [-0.2, 0) is 16.0 Å². The summed E-state index contributed by atoms with van der Waals surface area (Å²) >= 11 is 0. The first-order chi connectivity index (χ1) is 12.0. The lowest BCUT2D eigenvalue weighted by atomic mass is 9.94. The van der Waals surface area contributed by atoms with E-state index in [1.807, 2.05) is 9.80 Å². The number of carbonyl (C=O) groups excluding carboxylic acids is 2. The molecule has 0 N–H and O–H groups in total. The highest BCUT2D eigenvalue weighted by Crippen LogP contribution is 2.23. The Bertz CT molecular complexity index is 627. The summed E-state index contributed by atoms with van der Waals surface area (Å²) < 4.78 is 0. The van der Waals surface area contributed by atoms with Crippen molar-refractivity contribution in [2.75, 3.05) is 26.2 Å². The maximum Gasteiger partial charge on any atom is 0.225 e. The molecule has 2 aliphatic heterocycles. The Labute approximate surface area is 151 Å². The molecule has 0 atom stereocenters. The number of hydrogen-bond acceptors (Lipinski definition) is 2. The first-order valence-corrected chi connectivity index (χ1v) is 9.67. The SMILES string of the molecule is Cc1ccc(CCC(=O)N2CCC(C(=O)N3CCCC3)CC2)c(C)c1. The van der Waals surface area contributed by atoms with Gasteiger partial charge in [-0.15, -0.1) is 0 Å². The van der Waals surface area contributed by atoms with Crippen molar-refractivity contribution in [3.8, 4) is 0 Å². The van der Waals surface area contributed by atoms with Gasteiger partial charge in [0.2, 0.25) is 11.8 Å². The molecule has 0 aromatic heterocycles. The summed E-state index contributed by atoms with van der Waals surface area (Å²) in [7, 11) is 0. The standard InChI is InChI=1S/C21H30N2O2/c1-16-5-6-18(17(2)15-16)7-8-20(24)22-13-9-19(10-14-22)21(25)23-11-3-4-12-23/h5-6,15,19H,3-4,7-14H2,1-2H3. The number of hydrogen-bond donors (Lipinski definition) is 0. The summed E-state index contributed by atoms with van der Waals surface area (Å²) in [6.07, 6.45) is 5.30.